The van der Waals surface area contributed by atoms with Crippen LogP contribution in [0.5, 0.6) is 0 Å². The van der Waals surface area contributed by atoms with Crippen molar-refractivity contribution in [2.24, 2.45) is 0 Å². The number of rotatable bonds is 9. The normalized spacial score (nSPS) is 17.2. The molecule has 0 saturated carbocycles. The summed E-state index contributed by atoms with van der Waals surface area (Å²) in [5, 5.41) is 9.07. The van der Waals surface area contributed by atoms with E-state index in [1.807, 2.05) is 6.92 Å². The monoisotopic (exact) mass is 472 g/mol. The number of nitrogens with zero attached hydrogens (tertiary/aromatic N) is 2. The van der Waals surface area contributed by atoms with Gasteiger partial charge in [-0.05, 0) is 30.2 Å². The number of aliphatic carboxylic acids is 1. The number of carboxylic acids is 1. The fourth-order valence-electron chi connectivity index (χ4n) is 3.17. The van der Waals surface area contributed by atoms with Crippen LogP contribution in [0.1, 0.15) is 31.4 Å². The highest BCUT2D eigenvalue weighted by Crippen LogP contribution is 2.36. The molecule has 0 amide bonds. The molecule has 1 N–H and O–H groups in total. The Morgan fingerprint density at radius 2 is 1.93 bits per heavy atom. The molecular formula is C20H22Cl2N2O5S. The van der Waals surface area contributed by atoms with Gasteiger partial charge in [0.15, 0.2) is 0 Å². The lowest BCUT2D eigenvalue weighted by molar-refractivity contribution is -0.137. The largest absolute Gasteiger partial charge is 0.481 e. The minimum absolute atomic E-state index is 0.00642. The van der Waals surface area contributed by atoms with Gasteiger partial charge in [-0.25, -0.2) is 8.42 Å². The molecule has 1 aromatic heterocycles. The topological polar surface area (TPSA) is 100 Å². The van der Waals surface area contributed by atoms with Crippen molar-refractivity contribution < 1.29 is 23.1 Å². The predicted molar refractivity (Wildman–Crippen MR) is 115 cm³/mol. The van der Waals surface area contributed by atoms with Gasteiger partial charge in [0.25, 0.3) is 0 Å². The Labute approximate surface area is 185 Å². The van der Waals surface area contributed by atoms with Gasteiger partial charge in [0.2, 0.25) is 10.0 Å². The van der Waals surface area contributed by atoms with E-state index in [2.05, 4.69) is 4.98 Å². The minimum atomic E-state index is -3.87. The third-order valence-electron chi connectivity index (χ3n) is 4.98. The van der Waals surface area contributed by atoms with Crippen molar-refractivity contribution in [3.05, 3.63) is 46.2 Å². The van der Waals surface area contributed by atoms with E-state index in [1.165, 1.54) is 23.5 Å². The van der Waals surface area contributed by atoms with Crippen LogP contribution in [0.3, 0.4) is 0 Å². The average molecular weight is 473 g/mol. The summed E-state index contributed by atoms with van der Waals surface area (Å²) in [6.07, 6.45) is 2.17. The van der Waals surface area contributed by atoms with Crippen molar-refractivity contribution in [3.63, 3.8) is 0 Å². The van der Waals surface area contributed by atoms with Gasteiger partial charge in [-0.3, -0.25) is 9.78 Å². The fraction of sp³-hybridized carbons (Fsp3) is 0.400. The van der Waals surface area contributed by atoms with Crippen molar-refractivity contribution in [1.29, 1.82) is 0 Å². The number of benzene rings is 1. The molecule has 1 unspecified atom stereocenters. The predicted octanol–water partition coefficient (Wildman–Crippen LogP) is 4.04. The van der Waals surface area contributed by atoms with E-state index in [9.17, 15) is 13.2 Å². The number of hydrogen-bond acceptors (Lipinski definition) is 5. The molecule has 1 aliphatic heterocycles. The first-order chi connectivity index (χ1) is 14.1. The molecule has 2 heterocycles. The molecule has 0 radical (unpaired) electrons. The van der Waals surface area contributed by atoms with E-state index < -0.39 is 16.0 Å². The van der Waals surface area contributed by atoms with Gasteiger partial charge in [-0.2, -0.15) is 4.31 Å². The third-order valence-corrected chi connectivity index (χ3v) is 7.73. The van der Waals surface area contributed by atoms with Gasteiger partial charge in [0, 0.05) is 37.0 Å². The Morgan fingerprint density at radius 1 is 1.30 bits per heavy atom. The van der Waals surface area contributed by atoms with Crippen LogP contribution in [0.15, 0.2) is 35.4 Å². The van der Waals surface area contributed by atoms with Crippen LogP contribution in [0, 0.1) is 0 Å². The molecule has 2 aromatic rings. The molecular weight excluding hydrogens is 451 g/mol. The first kappa shape index (κ1) is 23.0. The van der Waals surface area contributed by atoms with Crippen LogP contribution in [-0.4, -0.2) is 55.1 Å². The zero-order valence-electron chi connectivity index (χ0n) is 16.5. The van der Waals surface area contributed by atoms with Crippen LogP contribution in [-0.2, 0) is 19.6 Å². The Kier molecular flexibility index (Phi) is 7.04. The lowest BCUT2D eigenvalue weighted by Crippen LogP contribution is -2.31. The van der Waals surface area contributed by atoms with Gasteiger partial charge in [-0.15, -0.1) is 0 Å². The molecule has 1 saturated heterocycles. The second-order valence-corrected chi connectivity index (χ2v) is 9.98. The number of sulfonamides is 1. The quantitative estimate of drug-likeness (QED) is 0.552. The van der Waals surface area contributed by atoms with Crippen molar-refractivity contribution in [2.45, 2.75) is 36.7 Å². The maximum absolute atomic E-state index is 12.9. The maximum atomic E-state index is 12.9. The number of likely N-dealkylation sites (N-methyl/N-ethyl adjacent to an activating group) is 1. The molecule has 7 nitrogen and oxygen atoms in total. The first-order valence-corrected chi connectivity index (χ1v) is 11.6. The van der Waals surface area contributed by atoms with Gasteiger partial charge >= 0.3 is 5.97 Å². The number of halogens is 2. The molecule has 3 rings (SSSR count). The Morgan fingerprint density at radius 3 is 2.40 bits per heavy atom. The zero-order chi connectivity index (χ0) is 22.1. The Bertz CT molecular complexity index is 1020. The highest BCUT2D eigenvalue weighted by molar-refractivity contribution is 7.89. The standard InChI is InChI=1S/C20H22Cl2N2O5S/c1-3-12(8-19(25)26)18-5-4-13(9-23-18)14-6-16(21)20(17(22)7-14)30(27,28)24(2)10-15-11-29-15/h4-7,9,12,15H,3,8,10-11H2,1-2H3,(H,25,26)/t12-,15?/m0/s1. The number of ether oxygens (including phenoxy) is 1. The lowest BCUT2D eigenvalue weighted by Gasteiger charge is -2.19. The maximum Gasteiger partial charge on any atom is 0.304 e. The van der Waals surface area contributed by atoms with Crippen LogP contribution in [0.4, 0.5) is 0 Å². The number of epoxide rings is 1. The van der Waals surface area contributed by atoms with E-state index >= 15 is 0 Å². The van der Waals surface area contributed by atoms with Gasteiger partial charge in [0.1, 0.15) is 4.90 Å². The summed E-state index contributed by atoms with van der Waals surface area (Å²) in [6, 6.07) is 6.63. The summed E-state index contributed by atoms with van der Waals surface area (Å²) in [7, 11) is -2.41. The molecule has 0 aliphatic carbocycles. The average Bonchev–Trinajstić information content (AvgIpc) is 3.49. The first-order valence-electron chi connectivity index (χ1n) is 9.38. The van der Waals surface area contributed by atoms with E-state index in [1.54, 1.807) is 18.3 Å². The molecule has 30 heavy (non-hydrogen) atoms. The fourth-order valence-corrected chi connectivity index (χ4v) is 5.53. The molecule has 1 aromatic carbocycles. The minimum Gasteiger partial charge on any atom is -0.481 e. The molecule has 0 bridgehead atoms. The van der Waals surface area contributed by atoms with E-state index in [0.29, 0.717) is 29.8 Å². The van der Waals surface area contributed by atoms with Crippen LogP contribution >= 0.6 is 23.2 Å². The summed E-state index contributed by atoms with van der Waals surface area (Å²) < 4.78 is 32.0. The SMILES string of the molecule is CC[C@@H](CC(=O)O)c1ccc(-c2cc(Cl)c(S(=O)(=O)N(C)CC3CO3)c(Cl)c2)cn1. The zero-order valence-corrected chi connectivity index (χ0v) is 18.8. The molecule has 10 heteroatoms. The van der Waals surface area contributed by atoms with Crippen molar-refractivity contribution in [3.8, 4) is 11.1 Å². The molecule has 0 spiro atoms. The number of hydrogen-bond donors (Lipinski definition) is 1. The Balaban J connectivity index is 1.88. The van der Waals surface area contributed by atoms with E-state index in [4.69, 9.17) is 33.0 Å². The van der Waals surface area contributed by atoms with Crippen LogP contribution in [0.25, 0.3) is 11.1 Å². The molecule has 2 atom stereocenters. The second-order valence-electron chi connectivity index (χ2n) is 7.18. The highest BCUT2D eigenvalue weighted by Gasteiger charge is 2.33. The summed E-state index contributed by atoms with van der Waals surface area (Å²) >= 11 is 12.6. The van der Waals surface area contributed by atoms with Gasteiger partial charge in [0.05, 0.1) is 29.2 Å². The molecule has 162 valence electrons. The molecule has 1 aliphatic rings. The summed E-state index contributed by atoms with van der Waals surface area (Å²) in [5.74, 6) is -1.05. The molecule has 1 fully saturated rings. The Hall–Kier alpha value is -1.71. The van der Waals surface area contributed by atoms with Gasteiger partial charge < -0.3 is 9.84 Å². The van der Waals surface area contributed by atoms with Crippen molar-refractivity contribution in [1.82, 2.24) is 9.29 Å². The third kappa shape index (κ3) is 5.12. The summed E-state index contributed by atoms with van der Waals surface area (Å²) in [4.78, 5) is 15.3. The number of carboxylic acid groups (broad SMARTS) is 1. The van der Waals surface area contributed by atoms with Crippen LogP contribution in [0.2, 0.25) is 10.0 Å². The van der Waals surface area contributed by atoms with Crippen molar-refractivity contribution in [2.75, 3.05) is 20.2 Å². The highest BCUT2D eigenvalue weighted by atomic mass is 35.5. The summed E-state index contributed by atoms with van der Waals surface area (Å²) in [5.41, 5.74) is 1.99. The van der Waals surface area contributed by atoms with Crippen molar-refractivity contribution >= 4 is 39.2 Å². The number of pyridine rings is 1. The smallest absolute Gasteiger partial charge is 0.304 e. The summed E-state index contributed by atoms with van der Waals surface area (Å²) in [6.45, 7) is 2.68. The lowest BCUT2D eigenvalue weighted by atomic mass is 9.97. The number of aromatic nitrogens is 1. The van der Waals surface area contributed by atoms with E-state index in [-0.39, 0.29) is 39.9 Å². The van der Waals surface area contributed by atoms with Crippen LogP contribution < -0.4 is 0 Å². The second kappa shape index (κ2) is 9.20. The van der Waals surface area contributed by atoms with E-state index in [0.717, 1.165) is 0 Å². The number of carbonyl (C=O) groups is 1. The van der Waals surface area contributed by atoms with Gasteiger partial charge in [-0.1, -0.05) is 36.2 Å².